The van der Waals surface area contributed by atoms with Gasteiger partial charge in [0.05, 0.1) is 11.8 Å². The summed E-state index contributed by atoms with van der Waals surface area (Å²) in [6, 6.07) is 0.217. The van der Waals surface area contributed by atoms with Crippen molar-refractivity contribution >= 4 is 23.2 Å². The Labute approximate surface area is 171 Å². The first kappa shape index (κ1) is 14.0. The third-order valence-electron chi connectivity index (χ3n) is 7.55. The van der Waals surface area contributed by atoms with Crippen LogP contribution in [0, 0.1) is 17.8 Å². The van der Waals surface area contributed by atoms with Crippen LogP contribution in [-0.4, -0.2) is 28.9 Å². The summed E-state index contributed by atoms with van der Waals surface area (Å²) in [5.74, 6) is 2.53. The average molecular weight is 386 g/mol. The van der Waals surface area contributed by atoms with E-state index < -0.39 is 6.85 Å². The SMILES string of the molecule is [2H]C([2H])([2H])C1=NC2OC3=C([C@H]4CC=C5SC6CCCCC6C5=N4)CCCC3C2CC1. The monoisotopic (exact) mass is 385 g/mol. The molecule has 4 heterocycles. The quantitative estimate of drug-likeness (QED) is 0.583. The van der Waals surface area contributed by atoms with Gasteiger partial charge in [0.25, 0.3) is 0 Å². The molecule has 6 aliphatic rings. The number of thioether (sulfide) groups is 1. The maximum atomic E-state index is 7.73. The van der Waals surface area contributed by atoms with Crippen LogP contribution in [0.1, 0.15) is 75.2 Å². The summed E-state index contributed by atoms with van der Waals surface area (Å²) in [5, 5.41) is 0.748. The van der Waals surface area contributed by atoms with Gasteiger partial charge in [0.2, 0.25) is 0 Å². The van der Waals surface area contributed by atoms with Crippen molar-refractivity contribution in [3.63, 3.8) is 0 Å². The van der Waals surface area contributed by atoms with E-state index in [-0.39, 0.29) is 12.3 Å². The number of allylic oxidation sites excluding steroid dienone is 2. The van der Waals surface area contributed by atoms with Crippen LogP contribution in [0.3, 0.4) is 0 Å². The number of aliphatic imine (C=N–C) groups is 2. The zero-order valence-electron chi connectivity index (χ0n) is 18.8. The van der Waals surface area contributed by atoms with Crippen molar-refractivity contribution in [2.45, 2.75) is 88.6 Å². The molecule has 27 heavy (non-hydrogen) atoms. The van der Waals surface area contributed by atoms with E-state index in [1.807, 2.05) is 0 Å². The van der Waals surface area contributed by atoms with Crippen LogP contribution in [0.5, 0.6) is 0 Å². The number of hydrogen-bond acceptors (Lipinski definition) is 4. The van der Waals surface area contributed by atoms with Crippen molar-refractivity contribution < 1.29 is 8.85 Å². The normalized spacial score (nSPS) is 45.0. The van der Waals surface area contributed by atoms with Crippen molar-refractivity contribution in [1.29, 1.82) is 0 Å². The summed E-state index contributed by atoms with van der Waals surface area (Å²) in [6.45, 7) is -2.09. The molecule has 0 radical (unpaired) electrons. The minimum Gasteiger partial charge on any atom is -0.472 e. The van der Waals surface area contributed by atoms with Crippen LogP contribution in [-0.2, 0) is 4.74 Å². The summed E-state index contributed by atoms with van der Waals surface area (Å²) < 4.78 is 29.6. The van der Waals surface area contributed by atoms with Gasteiger partial charge in [0, 0.05) is 37.7 Å². The van der Waals surface area contributed by atoms with Crippen molar-refractivity contribution in [1.82, 2.24) is 0 Å². The van der Waals surface area contributed by atoms with Crippen molar-refractivity contribution in [3.8, 4) is 0 Å². The highest BCUT2D eigenvalue weighted by atomic mass is 32.2. The molecule has 0 amide bonds. The lowest BCUT2D eigenvalue weighted by Crippen LogP contribution is -2.27. The van der Waals surface area contributed by atoms with Crippen LogP contribution in [0.15, 0.2) is 32.3 Å². The number of hydrogen-bond donors (Lipinski definition) is 0. The number of rotatable bonds is 1. The summed E-state index contributed by atoms with van der Waals surface area (Å²) in [4.78, 5) is 11.4. The molecule has 6 atom stereocenters. The summed E-state index contributed by atoms with van der Waals surface area (Å²) in [6.07, 6.45) is 13.3. The van der Waals surface area contributed by atoms with E-state index in [4.69, 9.17) is 13.8 Å². The molecule has 0 aromatic heterocycles. The molecular formula is C23H30N2OS. The van der Waals surface area contributed by atoms with Gasteiger partial charge in [-0.15, -0.1) is 11.8 Å². The van der Waals surface area contributed by atoms with E-state index in [0.29, 0.717) is 29.9 Å². The van der Waals surface area contributed by atoms with Gasteiger partial charge >= 0.3 is 0 Å². The highest BCUT2D eigenvalue weighted by Crippen LogP contribution is 2.52. The molecule has 0 spiro atoms. The second kappa shape index (κ2) is 6.50. The third-order valence-corrected chi connectivity index (χ3v) is 9.05. The molecule has 0 bridgehead atoms. The first-order chi connectivity index (χ1) is 14.5. The van der Waals surface area contributed by atoms with E-state index in [9.17, 15) is 0 Å². The summed E-state index contributed by atoms with van der Waals surface area (Å²) >= 11 is 2.08. The Morgan fingerprint density at radius 1 is 1.07 bits per heavy atom. The van der Waals surface area contributed by atoms with Gasteiger partial charge in [-0.2, -0.15) is 0 Å². The zero-order chi connectivity index (χ0) is 20.5. The second-order valence-electron chi connectivity index (χ2n) is 9.06. The van der Waals surface area contributed by atoms with E-state index in [1.165, 1.54) is 48.3 Å². The van der Waals surface area contributed by atoms with Crippen molar-refractivity contribution in [3.05, 3.63) is 22.3 Å². The fourth-order valence-corrected chi connectivity index (χ4v) is 7.80. The van der Waals surface area contributed by atoms with Crippen molar-refractivity contribution in [2.75, 3.05) is 0 Å². The lowest BCUT2D eigenvalue weighted by molar-refractivity contribution is 0.128. The lowest BCUT2D eigenvalue weighted by Gasteiger charge is -2.30. The molecule has 1 saturated carbocycles. The average Bonchev–Trinajstić information content (AvgIpc) is 3.30. The molecule has 2 aliphatic carbocycles. The molecule has 4 aliphatic heterocycles. The van der Waals surface area contributed by atoms with Crippen molar-refractivity contribution in [2.24, 2.45) is 27.7 Å². The smallest absolute Gasteiger partial charge is 0.192 e. The van der Waals surface area contributed by atoms with Crippen LogP contribution in [0.4, 0.5) is 0 Å². The maximum Gasteiger partial charge on any atom is 0.192 e. The van der Waals surface area contributed by atoms with Gasteiger partial charge in [-0.3, -0.25) is 9.98 Å². The van der Waals surface area contributed by atoms with E-state index >= 15 is 0 Å². The van der Waals surface area contributed by atoms with E-state index in [0.717, 1.165) is 36.7 Å². The van der Waals surface area contributed by atoms with Crippen LogP contribution < -0.4 is 0 Å². The molecule has 0 aromatic carbocycles. The Hall–Kier alpha value is -1.03. The van der Waals surface area contributed by atoms with E-state index in [2.05, 4.69) is 22.8 Å². The molecule has 3 fully saturated rings. The van der Waals surface area contributed by atoms with Gasteiger partial charge < -0.3 is 4.74 Å². The number of dihydropyridines is 1. The van der Waals surface area contributed by atoms with Gasteiger partial charge in [-0.25, -0.2) is 0 Å². The molecule has 0 aromatic rings. The van der Waals surface area contributed by atoms with Gasteiger partial charge in [0.15, 0.2) is 6.23 Å². The first-order valence-electron chi connectivity index (χ1n) is 12.4. The molecule has 0 N–H and O–H groups in total. The highest BCUT2D eigenvalue weighted by molar-refractivity contribution is 8.05. The van der Waals surface area contributed by atoms with Crippen LogP contribution in [0.2, 0.25) is 0 Å². The fourth-order valence-electron chi connectivity index (χ4n) is 6.24. The molecule has 144 valence electrons. The van der Waals surface area contributed by atoms with Crippen LogP contribution in [0.25, 0.3) is 0 Å². The Bertz CT molecular complexity index is 874. The van der Waals surface area contributed by atoms with Gasteiger partial charge in [-0.05, 0) is 63.8 Å². The summed E-state index contributed by atoms with van der Waals surface area (Å²) in [7, 11) is 0. The molecule has 6 rings (SSSR count). The predicted octanol–water partition coefficient (Wildman–Crippen LogP) is 5.67. The van der Waals surface area contributed by atoms with E-state index in [1.54, 1.807) is 0 Å². The fraction of sp³-hybridized carbons (Fsp3) is 0.739. The molecule has 2 saturated heterocycles. The largest absolute Gasteiger partial charge is 0.472 e. The topological polar surface area (TPSA) is 34.0 Å². The molecule has 4 heteroatoms. The number of ether oxygens (including phenoxy) is 1. The minimum atomic E-state index is -2.09. The molecule has 5 unspecified atom stereocenters. The second-order valence-corrected chi connectivity index (χ2v) is 10.3. The first-order valence-corrected chi connectivity index (χ1v) is 11.8. The zero-order valence-corrected chi connectivity index (χ0v) is 16.6. The molecule has 3 nitrogen and oxygen atoms in total. The van der Waals surface area contributed by atoms with Gasteiger partial charge in [0.1, 0.15) is 5.76 Å². The maximum absolute atomic E-state index is 7.73. The number of fused-ring (bicyclic) bond motifs is 6. The minimum absolute atomic E-state index is 0.217. The van der Waals surface area contributed by atoms with Gasteiger partial charge in [-0.1, -0.05) is 18.9 Å². The molecular weight excluding hydrogens is 352 g/mol. The highest BCUT2D eigenvalue weighted by Gasteiger charge is 2.47. The number of nitrogens with zero attached hydrogens (tertiary/aromatic N) is 2. The Kier molecular flexibility index (Phi) is 3.38. The Morgan fingerprint density at radius 2 is 2.00 bits per heavy atom. The summed E-state index contributed by atoms with van der Waals surface area (Å²) in [5.41, 5.74) is 3.12. The third kappa shape index (κ3) is 2.69. The lowest BCUT2D eigenvalue weighted by atomic mass is 9.76. The van der Waals surface area contributed by atoms with Crippen LogP contribution >= 0.6 is 11.8 Å². The Balaban J connectivity index is 1.30. The standard InChI is InChI=1S/C23H30N2OS/c1-13-9-10-15-14-6-4-7-16(22(14)26-23(15)24-13)18-11-12-20-21(25-18)17-5-2-3-8-19(17)27-20/h12,14-15,17-19,23H,2-11H2,1H3/t14?,15?,17?,18-,19?,23?/m1/s1/i1D3. The predicted molar refractivity (Wildman–Crippen MR) is 112 cm³/mol. The Morgan fingerprint density at radius 3 is 2.96 bits per heavy atom.